The molecule has 2 heterocycles. The molecule has 3 aliphatic rings. The number of amides is 1. The van der Waals surface area contributed by atoms with Gasteiger partial charge < -0.3 is 15.0 Å². The van der Waals surface area contributed by atoms with Gasteiger partial charge in [0, 0.05) is 44.6 Å². The van der Waals surface area contributed by atoms with E-state index in [2.05, 4.69) is 5.32 Å². The molecule has 1 N–H and O–H groups in total. The van der Waals surface area contributed by atoms with Gasteiger partial charge in [0.15, 0.2) is 0 Å². The number of carbonyl (C=O) groups is 1. The molecule has 0 spiro atoms. The van der Waals surface area contributed by atoms with Gasteiger partial charge >= 0.3 is 0 Å². The normalized spacial score (nSPS) is 28.6. The summed E-state index contributed by atoms with van der Waals surface area (Å²) in [5.74, 6) is 1.48. The van der Waals surface area contributed by atoms with Crippen LogP contribution >= 0.6 is 0 Å². The number of piperidine rings is 1. The Morgan fingerprint density at radius 3 is 2.63 bits per heavy atom. The average molecular weight is 373 g/mol. The van der Waals surface area contributed by atoms with Crippen LogP contribution in [0.25, 0.3) is 0 Å². The Bertz CT molecular complexity index is 700. The minimum Gasteiger partial charge on any atom is -0.490 e. The number of nitro benzene ring substituents is 1. The van der Waals surface area contributed by atoms with Crippen LogP contribution in [0.15, 0.2) is 24.3 Å². The van der Waals surface area contributed by atoms with E-state index in [1.54, 1.807) is 12.1 Å². The van der Waals surface area contributed by atoms with Crippen molar-refractivity contribution in [3.8, 4) is 5.75 Å². The Balaban J connectivity index is 1.33. The molecule has 1 saturated carbocycles. The number of benzene rings is 1. The summed E-state index contributed by atoms with van der Waals surface area (Å²) in [4.78, 5) is 25.7. The molecule has 4 rings (SSSR count). The second-order valence-electron chi connectivity index (χ2n) is 8.09. The SMILES string of the molecule is O=C(N1CCC(Oc2ccc([N+](=O)[O-])cc2)CC1)[C@@]12CCCC[C@H]1CNC2. The maximum Gasteiger partial charge on any atom is 0.269 e. The zero-order valence-corrected chi connectivity index (χ0v) is 15.6. The fraction of sp³-hybridized carbons (Fsp3) is 0.650. The van der Waals surface area contributed by atoms with Crippen LogP contribution in [0.5, 0.6) is 5.75 Å². The van der Waals surface area contributed by atoms with Crippen LogP contribution in [0, 0.1) is 21.4 Å². The van der Waals surface area contributed by atoms with Crippen LogP contribution < -0.4 is 10.1 Å². The van der Waals surface area contributed by atoms with Crippen LogP contribution in [-0.4, -0.2) is 48.0 Å². The number of ether oxygens (including phenoxy) is 1. The molecule has 7 nitrogen and oxygen atoms in total. The second-order valence-corrected chi connectivity index (χ2v) is 8.09. The van der Waals surface area contributed by atoms with Gasteiger partial charge in [-0.3, -0.25) is 14.9 Å². The van der Waals surface area contributed by atoms with Gasteiger partial charge in [-0.2, -0.15) is 0 Å². The van der Waals surface area contributed by atoms with Gasteiger partial charge in [-0.05, 0) is 37.4 Å². The predicted octanol–water partition coefficient (Wildman–Crippen LogP) is 2.74. The molecule has 0 radical (unpaired) electrons. The summed E-state index contributed by atoms with van der Waals surface area (Å²) in [6, 6.07) is 6.21. The summed E-state index contributed by atoms with van der Waals surface area (Å²) < 4.78 is 5.98. The number of nitrogens with one attached hydrogen (secondary N) is 1. The highest BCUT2D eigenvalue weighted by atomic mass is 16.6. The van der Waals surface area contributed by atoms with Crippen LogP contribution in [-0.2, 0) is 4.79 Å². The summed E-state index contributed by atoms with van der Waals surface area (Å²) in [6.45, 7) is 3.26. The first kappa shape index (κ1) is 18.2. The van der Waals surface area contributed by atoms with Crippen molar-refractivity contribution in [3.63, 3.8) is 0 Å². The minimum atomic E-state index is -0.413. The van der Waals surface area contributed by atoms with Crippen molar-refractivity contribution in [2.24, 2.45) is 11.3 Å². The van der Waals surface area contributed by atoms with Gasteiger partial charge in [-0.15, -0.1) is 0 Å². The zero-order valence-electron chi connectivity index (χ0n) is 15.6. The number of nitro groups is 1. The first-order valence-electron chi connectivity index (χ1n) is 10.00. The molecule has 7 heteroatoms. The number of carbonyl (C=O) groups excluding carboxylic acids is 1. The van der Waals surface area contributed by atoms with Crippen LogP contribution in [0.4, 0.5) is 5.69 Å². The van der Waals surface area contributed by atoms with Crippen LogP contribution in [0.3, 0.4) is 0 Å². The molecule has 2 aliphatic heterocycles. The Morgan fingerprint density at radius 1 is 1.19 bits per heavy atom. The molecule has 1 aromatic carbocycles. The van der Waals surface area contributed by atoms with Crippen LogP contribution in [0.1, 0.15) is 38.5 Å². The molecule has 146 valence electrons. The molecule has 0 unspecified atom stereocenters. The van der Waals surface area contributed by atoms with Crippen molar-refractivity contribution in [1.82, 2.24) is 10.2 Å². The lowest BCUT2D eigenvalue weighted by Crippen LogP contribution is -2.52. The summed E-state index contributed by atoms with van der Waals surface area (Å²) >= 11 is 0. The molecule has 2 saturated heterocycles. The number of nitrogens with zero attached hydrogens (tertiary/aromatic N) is 2. The van der Waals surface area contributed by atoms with Gasteiger partial charge in [-0.25, -0.2) is 0 Å². The number of fused-ring (bicyclic) bond motifs is 1. The molecule has 1 aromatic rings. The zero-order chi connectivity index (χ0) is 18.9. The molecule has 1 amide bonds. The van der Waals surface area contributed by atoms with Crippen molar-refractivity contribution in [2.45, 2.75) is 44.6 Å². The van der Waals surface area contributed by atoms with Gasteiger partial charge in [0.05, 0.1) is 10.3 Å². The van der Waals surface area contributed by atoms with E-state index < -0.39 is 4.92 Å². The van der Waals surface area contributed by atoms with E-state index in [1.165, 1.54) is 25.0 Å². The topological polar surface area (TPSA) is 84.7 Å². The largest absolute Gasteiger partial charge is 0.490 e. The highest BCUT2D eigenvalue weighted by Gasteiger charge is 2.51. The smallest absolute Gasteiger partial charge is 0.269 e. The standard InChI is InChI=1S/C20H27N3O4/c24-19(20-10-2-1-3-15(20)13-21-14-20)22-11-8-18(9-12-22)27-17-6-4-16(5-7-17)23(25)26/h4-7,15,18,21H,1-3,8-14H2/t15-,20+/m0/s1. The van der Waals surface area contributed by atoms with Crippen molar-refractivity contribution in [2.75, 3.05) is 26.2 Å². The first-order valence-corrected chi connectivity index (χ1v) is 10.00. The monoisotopic (exact) mass is 373 g/mol. The molecular weight excluding hydrogens is 346 g/mol. The minimum absolute atomic E-state index is 0.0526. The van der Waals surface area contributed by atoms with Crippen LogP contribution in [0.2, 0.25) is 0 Å². The van der Waals surface area contributed by atoms with E-state index in [9.17, 15) is 14.9 Å². The maximum absolute atomic E-state index is 13.3. The Hall–Kier alpha value is -2.15. The lowest BCUT2D eigenvalue weighted by molar-refractivity contribution is -0.384. The summed E-state index contributed by atoms with van der Waals surface area (Å²) in [6.07, 6.45) is 6.24. The third-order valence-electron chi connectivity index (χ3n) is 6.54. The first-order chi connectivity index (χ1) is 13.1. The molecule has 1 aliphatic carbocycles. The van der Waals surface area contributed by atoms with Crippen molar-refractivity contribution < 1.29 is 14.5 Å². The van der Waals surface area contributed by atoms with Gasteiger partial charge in [0.25, 0.3) is 5.69 Å². The number of likely N-dealkylation sites (tertiary alicyclic amines) is 1. The Morgan fingerprint density at radius 2 is 1.93 bits per heavy atom. The number of hydrogen-bond acceptors (Lipinski definition) is 5. The average Bonchev–Trinajstić information content (AvgIpc) is 3.14. The third-order valence-corrected chi connectivity index (χ3v) is 6.54. The van der Waals surface area contributed by atoms with Crippen molar-refractivity contribution in [1.29, 1.82) is 0 Å². The van der Waals surface area contributed by atoms with Gasteiger partial charge in [0.2, 0.25) is 5.91 Å². The molecule has 0 bridgehead atoms. The molecular formula is C20H27N3O4. The highest BCUT2D eigenvalue weighted by molar-refractivity contribution is 5.84. The van der Waals surface area contributed by atoms with Crippen molar-refractivity contribution >= 4 is 11.6 Å². The molecule has 27 heavy (non-hydrogen) atoms. The fourth-order valence-corrected chi connectivity index (χ4v) is 5.00. The van der Waals surface area contributed by atoms with E-state index in [0.29, 0.717) is 17.6 Å². The Kier molecular flexibility index (Phi) is 5.04. The number of rotatable bonds is 4. The van der Waals surface area contributed by atoms with E-state index in [0.717, 1.165) is 51.9 Å². The molecule has 0 aromatic heterocycles. The van der Waals surface area contributed by atoms with Gasteiger partial charge in [0.1, 0.15) is 11.9 Å². The second kappa shape index (κ2) is 7.46. The summed E-state index contributed by atoms with van der Waals surface area (Å²) in [5.41, 5.74) is -0.112. The van der Waals surface area contributed by atoms with Gasteiger partial charge in [-0.1, -0.05) is 12.8 Å². The van der Waals surface area contributed by atoms with Crippen molar-refractivity contribution in [3.05, 3.63) is 34.4 Å². The maximum atomic E-state index is 13.3. The third kappa shape index (κ3) is 3.52. The number of non-ortho nitro benzene ring substituents is 1. The predicted molar refractivity (Wildman–Crippen MR) is 101 cm³/mol. The molecule has 3 fully saturated rings. The fourth-order valence-electron chi connectivity index (χ4n) is 5.00. The lowest BCUT2D eigenvalue weighted by atomic mass is 9.67. The lowest BCUT2D eigenvalue weighted by Gasteiger charge is -2.42. The van der Waals surface area contributed by atoms with E-state index >= 15 is 0 Å². The quantitative estimate of drug-likeness (QED) is 0.648. The summed E-state index contributed by atoms with van der Waals surface area (Å²) in [7, 11) is 0. The number of hydrogen-bond donors (Lipinski definition) is 1. The van der Waals surface area contributed by atoms with E-state index in [4.69, 9.17) is 4.74 Å². The Labute approximate surface area is 159 Å². The summed E-state index contributed by atoms with van der Waals surface area (Å²) in [5, 5.41) is 14.2. The molecule has 2 atom stereocenters. The van der Waals surface area contributed by atoms with E-state index in [1.807, 2.05) is 4.90 Å². The highest BCUT2D eigenvalue weighted by Crippen LogP contribution is 2.45. The van der Waals surface area contributed by atoms with E-state index in [-0.39, 0.29) is 17.2 Å².